The third-order valence-corrected chi connectivity index (χ3v) is 3.71. The Labute approximate surface area is 153 Å². The number of ether oxygens (including phenoxy) is 2. The molecule has 0 aliphatic carbocycles. The minimum atomic E-state index is 0. The highest BCUT2D eigenvalue weighted by Crippen LogP contribution is 2.23. The topological polar surface area (TPSA) is 30.5 Å². The first-order chi connectivity index (χ1) is 10.7. The molecule has 0 radical (unpaired) electrons. The van der Waals surface area contributed by atoms with Crippen molar-refractivity contribution in [2.75, 3.05) is 20.3 Å². The Kier molecular flexibility index (Phi) is 9.37. The molecule has 0 unspecified atom stereocenters. The lowest BCUT2D eigenvalue weighted by molar-refractivity contribution is 0.199. The van der Waals surface area contributed by atoms with Gasteiger partial charge in [0.25, 0.3) is 0 Å². The van der Waals surface area contributed by atoms with Crippen LogP contribution in [0, 0.1) is 0 Å². The summed E-state index contributed by atoms with van der Waals surface area (Å²) in [6, 6.07) is 13.4. The Morgan fingerprint density at radius 1 is 1.09 bits per heavy atom. The van der Waals surface area contributed by atoms with E-state index in [9.17, 15) is 0 Å². The first kappa shape index (κ1) is 20.1. The van der Waals surface area contributed by atoms with E-state index in [1.54, 1.807) is 13.2 Å². The molecular weight excluding hydrogens is 357 g/mol. The van der Waals surface area contributed by atoms with E-state index in [0.29, 0.717) is 23.3 Å². The molecule has 0 amide bonds. The molecule has 0 aliphatic rings. The van der Waals surface area contributed by atoms with Gasteiger partial charge in [-0.1, -0.05) is 41.4 Å². The normalized spacial score (nSPS) is 10.2. The maximum absolute atomic E-state index is 6.14. The van der Waals surface area contributed by atoms with E-state index in [0.717, 1.165) is 30.0 Å². The Bertz CT molecular complexity index is 608. The summed E-state index contributed by atoms with van der Waals surface area (Å²) < 4.78 is 10.8. The molecule has 0 fully saturated rings. The molecule has 126 valence electrons. The number of hydrogen-bond acceptors (Lipinski definition) is 3. The minimum Gasteiger partial charge on any atom is -0.489 e. The van der Waals surface area contributed by atoms with E-state index in [4.69, 9.17) is 32.7 Å². The van der Waals surface area contributed by atoms with E-state index >= 15 is 0 Å². The van der Waals surface area contributed by atoms with Crippen LogP contribution in [0.5, 0.6) is 5.75 Å². The van der Waals surface area contributed by atoms with Crippen LogP contribution < -0.4 is 10.1 Å². The maximum atomic E-state index is 6.14. The van der Waals surface area contributed by atoms with Gasteiger partial charge in [-0.05, 0) is 29.8 Å². The van der Waals surface area contributed by atoms with Gasteiger partial charge < -0.3 is 14.8 Å². The van der Waals surface area contributed by atoms with E-state index in [-0.39, 0.29) is 12.4 Å². The second kappa shape index (κ2) is 10.7. The Morgan fingerprint density at radius 2 is 1.91 bits per heavy atom. The highest BCUT2D eigenvalue weighted by atomic mass is 35.5. The number of halogens is 3. The fraction of sp³-hybridized carbons (Fsp3) is 0.294. The highest BCUT2D eigenvalue weighted by Gasteiger charge is 2.03. The molecule has 23 heavy (non-hydrogen) atoms. The summed E-state index contributed by atoms with van der Waals surface area (Å²) in [5.74, 6) is 0.817. The first-order valence-electron chi connectivity index (χ1n) is 7.04. The van der Waals surface area contributed by atoms with Gasteiger partial charge >= 0.3 is 0 Å². The third kappa shape index (κ3) is 6.98. The van der Waals surface area contributed by atoms with Gasteiger partial charge in [0.2, 0.25) is 0 Å². The van der Waals surface area contributed by atoms with Crippen LogP contribution in [0.4, 0.5) is 0 Å². The second-order valence-corrected chi connectivity index (χ2v) is 5.69. The fourth-order valence-electron chi connectivity index (χ4n) is 1.95. The van der Waals surface area contributed by atoms with Crippen molar-refractivity contribution in [1.82, 2.24) is 5.32 Å². The van der Waals surface area contributed by atoms with Gasteiger partial charge in [-0.15, -0.1) is 12.4 Å². The molecule has 0 saturated heterocycles. The molecule has 6 heteroatoms. The number of hydrogen-bond donors (Lipinski definition) is 1. The van der Waals surface area contributed by atoms with Crippen LogP contribution in [-0.2, 0) is 17.9 Å². The largest absolute Gasteiger partial charge is 0.489 e. The summed E-state index contributed by atoms with van der Waals surface area (Å²) in [6.07, 6.45) is 0. The molecule has 0 bridgehead atoms. The zero-order chi connectivity index (χ0) is 15.8. The molecule has 0 atom stereocenters. The lowest BCUT2D eigenvalue weighted by atomic mass is 10.2. The van der Waals surface area contributed by atoms with Gasteiger partial charge in [0.05, 0.1) is 6.61 Å². The van der Waals surface area contributed by atoms with Crippen LogP contribution in [-0.4, -0.2) is 20.3 Å². The monoisotopic (exact) mass is 375 g/mol. The van der Waals surface area contributed by atoms with Crippen LogP contribution in [0.2, 0.25) is 10.0 Å². The van der Waals surface area contributed by atoms with Crippen LogP contribution in [0.25, 0.3) is 0 Å². The first-order valence-corrected chi connectivity index (χ1v) is 7.80. The van der Waals surface area contributed by atoms with Gasteiger partial charge in [-0.3, -0.25) is 0 Å². The summed E-state index contributed by atoms with van der Waals surface area (Å²) in [7, 11) is 1.69. The molecule has 3 nitrogen and oxygen atoms in total. The number of benzene rings is 2. The zero-order valence-electron chi connectivity index (χ0n) is 12.9. The standard InChI is InChI=1S/C17H19Cl2NO2.ClH/c1-21-8-7-20-11-13-3-2-4-16(9-13)22-12-14-5-6-15(18)10-17(14)19;/h2-6,9-10,20H,7-8,11-12H2,1H3;1H. The third-order valence-electron chi connectivity index (χ3n) is 3.12. The molecular formula is C17H20Cl3NO2. The van der Waals surface area contributed by atoms with Gasteiger partial charge in [0.15, 0.2) is 0 Å². The average Bonchev–Trinajstić information content (AvgIpc) is 2.51. The van der Waals surface area contributed by atoms with Crippen molar-refractivity contribution in [3.63, 3.8) is 0 Å². The second-order valence-electron chi connectivity index (χ2n) is 4.84. The van der Waals surface area contributed by atoms with Crippen LogP contribution in [0.15, 0.2) is 42.5 Å². The highest BCUT2D eigenvalue weighted by molar-refractivity contribution is 6.35. The molecule has 2 aromatic rings. The van der Waals surface area contributed by atoms with Crippen LogP contribution in [0.3, 0.4) is 0 Å². The summed E-state index contributed by atoms with van der Waals surface area (Å²) in [4.78, 5) is 0. The molecule has 2 aromatic carbocycles. The van der Waals surface area contributed by atoms with E-state index in [2.05, 4.69) is 11.4 Å². The molecule has 0 spiro atoms. The van der Waals surface area contributed by atoms with Gasteiger partial charge in [-0.25, -0.2) is 0 Å². The fourth-order valence-corrected chi connectivity index (χ4v) is 2.42. The predicted molar refractivity (Wildman–Crippen MR) is 98.1 cm³/mol. The number of nitrogens with one attached hydrogen (secondary N) is 1. The lowest BCUT2D eigenvalue weighted by Gasteiger charge is -2.10. The molecule has 0 saturated carbocycles. The maximum Gasteiger partial charge on any atom is 0.120 e. The SMILES string of the molecule is COCCNCc1cccc(OCc2ccc(Cl)cc2Cl)c1.Cl. The summed E-state index contributed by atoms with van der Waals surface area (Å²) >= 11 is 12.0. The van der Waals surface area contributed by atoms with Crippen molar-refractivity contribution in [2.45, 2.75) is 13.2 Å². The Hall–Kier alpha value is -0.970. The van der Waals surface area contributed by atoms with E-state index in [1.165, 1.54) is 0 Å². The molecule has 0 aromatic heterocycles. The summed E-state index contributed by atoms with van der Waals surface area (Å²) in [5.41, 5.74) is 2.07. The Balaban J connectivity index is 0.00000264. The quantitative estimate of drug-likeness (QED) is 0.676. The van der Waals surface area contributed by atoms with Gasteiger partial charge in [0.1, 0.15) is 12.4 Å². The van der Waals surface area contributed by atoms with Crippen molar-refractivity contribution in [2.24, 2.45) is 0 Å². The molecule has 1 N–H and O–H groups in total. The van der Waals surface area contributed by atoms with Crippen molar-refractivity contribution in [1.29, 1.82) is 0 Å². The minimum absolute atomic E-state index is 0. The van der Waals surface area contributed by atoms with Crippen molar-refractivity contribution < 1.29 is 9.47 Å². The zero-order valence-corrected chi connectivity index (χ0v) is 15.2. The predicted octanol–water partition coefficient (Wildman–Crippen LogP) is 4.73. The van der Waals surface area contributed by atoms with Crippen LogP contribution >= 0.6 is 35.6 Å². The summed E-state index contributed by atoms with van der Waals surface area (Å²) in [5, 5.41) is 4.54. The smallest absolute Gasteiger partial charge is 0.120 e. The van der Waals surface area contributed by atoms with Crippen molar-refractivity contribution in [3.8, 4) is 5.75 Å². The molecule has 0 aliphatic heterocycles. The summed E-state index contributed by atoms with van der Waals surface area (Å²) in [6.45, 7) is 2.71. The van der Waals surface area contributed by atoms with E-state index in [1.807, 2.05) is 30.3 Å². The van der Waals surface area contributed by atoms with E-state index < -0.39 is 0 Å². The van der Waals surface area contributed by atoms with Gasteiger partial charge in [-0.2, -0.15) is 0 Å². The average molecular weight is 377 g/mol. The molecule has 0 heterocycles. The van der Waals surface area contributed by atoms with Gasteiger partial charge in [0, 0.05) is 35.8 Å². The lowest BCUT2D eigenvalue weighted by Crippen LogP contribution is -2.18. The molecule has 2 rings (SSSR count). The van der Waals surface area contributed by atoms with Crippen LogP contribution in [0.1, 0.15) is 11.1 Å². The van der Waals surface area contributed by atoms with Crippen molar-refractivity contribution in [3.05, 3.63) is 63.6 Å². The Morgan fingerprint density at radius 3 is 2.65 bits per heavy atom. The number of rotatable bonds is 8. The van der Waals surface area contributed by atoms with Crippen molar-refractivity contribution >= 4 is 35.6 Å². The number of methoxy groups -OCH3 is 1.